The van der Waals surface area contributed by atoms with Crippen LogP contribution in [0.2, 0.25) is 0 Å². The Morgan fingerprint density at radius 3 is 2.40 bits per heavy atom. The summed E-state index contributed by atoms with van der Waals surface area (Å²) < 4.78 is 15.8. The summed E-state index contributed by atoms with van der Waals surface area (Å²) in [6.07, 6.45) is 0. The first-order valence-corrected chi connectivity index (χ1v) is 9.10. The van der Waals surface area contributed by atoms with Crippen molar-refractivity contribution in [3.05, 3.63) is 65.3 Å². The summed E-state index contributed by atoms with van der Waals surface area (Å²) in [4.78, 5) is 30.4. The summed E-state index contributed by atoms with van der Waals surface area (Å²) in [5, 5.41) is 6.54. The third kappa shape index (κ3) is 4.93. The Bertz CT molecular complexity index is 1040. The van der Waals surface area contributed by atoms with E-state index in [1.807, 2.05) is 0 Å². The molecule has 9 heteroatoms. The molecule has 0 aliphatic rings. The van der Waals surface area contributed by atoms with Gasteiger partial charge in [0.1, 0.15) is 11.5 Å². The molecular weight excluding hydrogens is 388 g/mol. The van der Waals surface area contributed by atoms with E-state index >= 15 is 0 Å². The summed E-state index contributed by atoms with van der Waals surface area (Å²) in [5.74, 6) is 1.40. The molecule has 0 saturated heterocycles. The van der Waals surface area contributed by atoms with Gasteiger partial charge in [0.15, 0.2) is 6.61 Å². The van der Waals surface area contributed by atoms with Crippen LogP contribution in [0.25, 0.3) is 0 Å². The van der Waals surface area contributed by atoms with E-state index in [0.717, 1.165) is 0 Å². The summed E-state index contributed by atoms with van der Waals surface area (Å²) in [5.41, 5.74) is 1.27. The highest BCUT2D eigenvalue weighted by Gasteiger charge is 2.15. The minimum absolute atomic E-state index is 0.160. The largest absolute Gasteiger partial charge is 0.495 e. The lowest BCUT2D eigenvalue weighted by Crippen LogP contribution is -2.22. The van der Waals surface area contributed by atoms with Gasteiger partial charge in [0, 0.05) is 32.1 Å². The van der Waals surface area contributed by atoms with Crippen LogP contribution in [0.5, 0.6) is 11.5 Å². The van der Waals surface area contributed by atoms with Gasteiger partial charge in [-0.15, -0.1) is 0 Å². The maximum atomic E-state index is 12.7. The Labute approximate surface area is 173 Å². The van der Waals surface area contributed by atoms with E-state index in [0.29, 0.717) is 40.0 Å². The molecule has 0 spiro atoms. The lowest BCUT2D eigenvalue weighted by Gasteiger charge is -2.14. The fourth-order valence-corrected chi connectivity index (χ4v) is 2.64. The molecule has 2 amide bonds. The lowest BCUT2D eigenvalue weighted by atomic mass is 10.1. The van der Waals surface area contributed by atoms with Crippen molar-refractivity contribution in [1.29, 1.82) is 0 Å². The zero-order chi connectivity index (χ0) is 21.7. The molecule has 0 atom stereocenters. The van der Waals surface area contributed by atoms with Crippen LogP contribution in [0.15, 0.2) is 47.0 Å². The van der Waals surface area contributed by atoms with Crippen LogP contribution in [0.1, 0.15) is 32.4 Å². The van der Waals surface area contributed by atoms with Crippen molar-refractivity contribution in [1.82, 2.24) is 15.0 Å². The molecule has 0 aliphatic carbocycles. The molecule has 3 aromatic rings. The lowest BCUT2D eigenvalue weighted by molar-refractivity contribution is 0.0827. The summed E-state index contributed by atoms with van der Waals surface area (Å²) in [7, 11) is 4.82. The van der Waals surface area contributed by atoms with E-state index in [2.05, 4.69) is 15.5 Å². The quantitative estimate of drug-likeness (QED) is 0.638. The van der Waals surface area contributed by atoms with Crippen molar-refractivity contribution in [2.45, 2.75) is 13.5 Å². The van der Waals surface area contributed by atoms with Gasteiger partial charge >= 0.3 is 0 Å². The number of aryl methyl sites for hydroxylation is 1. The smallest absolute Gasteiger partial charge is 0.255 e. The molecule has 0 radical (unpaired) electrons. The van der Waals surface area contributed by atoms with Crippen molar-refractivity contribution >= 4 is 17.5 Å². The Morgan fingerprint density at radius 1 is 1.10 bits per heavy atom. The number of aromatic nitrogens is 2. The number of ether oxygens (including phenoxy) is 2. The van der Waals surface area contributed by atoms with Gasteiger partial charge in [-0.3, -0.25) is 9.59 Å². The van der Waals surface area contributed by atoms with E-state index in [1.165, 1.54) is 12.0 Å². The Balaban J connectivity index is 1.69. The second-order valence-electron chi connectivity index (χ2n) is 6.61. The van der Waals surface area contributed by atoms with Crippen molar-refractivity contribution in [2.24, 2.45) is 0 Å². The first kappa shape index (κ1) is 20.8. The maximum Gasteiger partial charge on any atom is 0.255 e. The number of nitrogens with zero attached hydrogens (tertiary/aromatic N) is 3. The number of benzene rings is 2. The number of carbonyl (C=O) groups excluding carboxylic acids is 2. The Hall–Kier alpha value is -3.88. The predicted octanol–water partition coefficient (Wildman–Crippen LogP) is 2.92. The molecule has 1 heterocycles. The SMILES string of the molecule is COc1ccc(C(=O)N(C)C)cc1NC(=O)c1ccc(OCc2noc(C)n2)cc1. The Morgan fingerprint density at radius 2 is 1.80 bits per heavy atom. The average molecular weight is 410 g/mol. The van der Waals surface area contributed by atoms with Crippen LogP contribution in [0, 0.1) is 6.92 Å². The number of nitrogens with one attached hydrogen (secondary N) is 1. The first-order valence-electron chi connectivity index (χ1n) is 9.10. The van der Waals surface area contributed by atoms with Crippen molar-refractivity contribution in [3.63, 3.8) is 0 Å². The third-order valence-corrected chi connectivity index (χ3v) is 4.15. The van der Waals surface area contributed by atoms with E-state index in [1.54, 1.807) is 63.5 Å². The molecule has 0 fully saturated rings. The second-order valence-corrected chi connectivity index (χ2v) is 6.61. The van der Waals surface area contributed by atoms with Crippen molar-refractivity contribution in [3.8, 4) is 11.5 Å². The topological polar surface area (TPSA) is 107 Å². The first-order chi connectivity index (χ1) is 14.4. The summed E-state index contributed by atoms with van der Waals surface area (Å²) >= 11 is 0. The maximum absolute atomic E-state index is 12.7. The molecule has 0 aliphatic heterocycles. The molecule has 156 valence electrons. The van der Waals surface area contributed by atoms with Gasteiger partial charge in [0.25, 0.3) is 11.8 Å². The zero-order valence-corrected chi connectivity index (χ0v) is 17.1. The predicted molar refractivity (Wildman–Crippen MR) is 109 cm³/mol. The fourth-order valence-electron chi connectivity index (χ4n) is 2.64. The minimum atomic E-state index is -0.344. The third-order valence-electron chi connectivity index (χ3n) is 4.15. The van der Waals surface area contributed by atoms with Crippen LogP contribution in [0.3, 0.4) is 0 Å². The fraction of sp³-hybridized carbons (Fsp3) is 0.238. The Kier molecular flexibility index (Phi) is 6.31. The van der Waals surface area contributed by atoms with Gasteiger partial charge in [0.05, 0.1) is 12.8 Å². The molecular formula is C21H22N4O5. The van der Waals surface area contributed by atoms with Crippen LogP contribution in [-0.2, 0) is 6.61 Å². The number of anilines is 1. The monoisotopic (exact) mass is 410 g/mol. The number of rotatable bonds is 7. The molecule has 1 N–H and O–H groups in total. The molecule has 1 aromatic heterocycles. The van der Waals surface area contributed by atoms with Crippen LogP contribution in [-0.4, -0.2) is 48.1 Å². The van der Waals surface area contributed by atoms with Crippen LogP contribution < -0.4 is 14.8 Å². The molecule has 30 heavy (non-hydrogen) atoms. The van der Waals surface area contributed by atoms with Crippen molar-refractivity contribution < 1.29 is 23.6 Å². The van der Waals surface area contributed by atoms with Gasteiger partial charge < -0.3 is 24.2 Å². The van der Waals surface area contributed by atoms with E-state index in [-0.39, 0.29) is 18.4 Å². The van der Waals surface area contributed by atoms with Gasteiger partial charge in [-0.25, -0.2) is 0 Å². The molecule has 0 saturated carbocycles. The van der Waals surface area contributed by atoms with E-state index in [4.69, 9.17) is 14.0 Å². The average Bonchev–Trinajstić information content (AvgIpc) is 3.17. The number of hydrogen-bond donors (Lipinski definition) is 1. The number of methoxy groups -OCH3 is 1. The highest BCUT2D eigenvalue weighted by Crippen LogP contribution is 2.27. The molecule has 9 nitrogen and oxygen atoms in total. The van der Waals surface area contributed by atoms with Gasteiger partial charge in [0.2, 0.25) is 11.7 Å². The molecule has 0 bridgehead atoms. The van der Waals surface area contributed by atoms with Gasteiger partial charge in [-0.1, -0.05) is 5.16 Å². The highest BCUT2D eigenvalue weighted by molar-refractivity contribution is 6.06. The summed E-state index contributed by atoms with van der Waals surface area (Å²) in [6, 6.07) is 11.5. The highest BCUT2D eigenvalue weighted by atomic mass is 16.5. The number of amides is 2. The van der Waals surface area contributed by atoms with Crippen LogP contribution >= 0.6 is 0 Å². The van der Waals surface area contributed by atoms with E-state index in [9.17, 15) is 9.59 Å². The molecule has 3 rings (SSSR count). The molecule has 0 unspecified atom stereocenters. The standard InChI is InChI=1S/C21H22N4O5/c1-13-22-19(24-30-13)12-29-16-8-5-14(6-9-16)20(26)23-17-11-15(21(27)25(2)3)7-10-18(17)28-4/h5-11H,12H2,1-4H3,(H,23,26). The van der Waals surface area contributed by atoms with Gasteiger partial charge in [-0.2, -0.15) is 4.98 Å². The van der Waals surface area contributed by atoms with Crippen molar-refractivity contribution in [2.75, 3.05) is 26.5 Å². The van der Waals surface area contributed by atoms with Crippen LogP contribution in [0.4, 0.5) is 5.69 Å². The summed E-state index contributed by atoms with van der Waals surface area (Å²) in [6.45, 7) is 1.86. The second kappa shape index (κ2) is 9.08. The number of hydrogen-bond acceptors (Lipinski definition) is 7. The minimum Gasteiger partial charge on any atom is -0.495 e. The normalized spacial score (nSPS) is 10.4. The molecule has 2 aromatic carbocycles. The zero-order valence-electron chi connectivity index (χ0n) is 17.1. The van der Waals surface area contributed by atoms with Gasteiger partial charge in [-0.05, 0) is 42.5 Å². The number of carbonyl (C=O) groups is 2. The van der Waals surface area contributed by atoms with E-state index < -0.39 is 0 Å².